The van der Waals surface area contributed by atoms with Crippen molar-refractivity contribution in [3.8, 4) is 11.8 Å². The van der Waals surface area contributed by atoms with Gasteiger partial charge in [0.05, 0.1) is 18.3 Å². The van der Waals surface area contributed by atoms with Crippen molar-refractivity contribution in [3.63, 3.8) is 0 Å². The summed E-state index contributed by atoms with van der Waals surface area (Å²) in [5.74, 6) is 0.886. The minimum atomic E-state index is 0.108. The van der Waals surface area contributed by atoms with Crippen molar-refractivity contribution in [1.82, 2.24) is 0 Å². The molecule has 96 valence electrons. The number of rotatable bonds is 1. The normalized spacial score (nSPS) is 18.8. The molecule has 0 radical (unpaired) electrons. The van der Waals surface area contributed by atoms with E-state index in [4.69, 9.17) is 10.00 Å². The van der Waals surface area contributed by atoms with Crippen molar-refractivity contribution < 1.29 is 4.74 Å². The van der Waals surface area contributed by atoms with Crippen LogP contribution < -0.4 is 9.64 Å². The van der Waals surface area contributed by atoms with Gasteiger partial charge in [-0.05, 0) is 30.0 Å². The second-order valence-electron chi connectivity index (χ2n) is 5.90. The van der Waals surface area contributed by atoms with Gasteiger partial charge >= 0.3 is 0 Å². The van der Waals surface area contributed by atoms with Crippen LogP contribution in [0.15, 0.2) is 18.2 Å². The molecule has 0 N–H and O–H groups in total. The lowest BCUT2D eigenvalue weighted by Gasteiger charge is -2.34. The van der Waals surface area contributed by atoms with Crippen molar-refractivity contribution in [2.75, 3.05) is 18.0 Å². The van der Waals surface area contributed by atoms with Gasteiger partial charge in [0.1, 0.15) is 18.4 Å². The maximum Gasteiger partial charge on any atom is 0.143 e. The molecule has 1 aromatic rings. The molecule has 0 amide bonds. The number of nitrogens with zero attached hydrogens (tertiary/aromatic N) is 2. The van der Waals surface area contributed by atoms with Crippen LogP contribution in [0.4, 0.5) is 5.69 Å². The summed E-state index contributed by atoms with van der Waals surface area (Å²) in [5, 5.41) is 8.93. The van der Waals surface area contributed by atoms with E-state index in [1.54, 1.807) is 0 Å². The molecule has 0 bridgehead atoms. The Bertz CT molecular complexity index is 482. The van der Waals surface area contributed by atoms with Crippen LogP contribution in [0.25, 0.3) is 0 Å². The molecule has 1 unspecified atom stereocenters. The topological polar surface area (TPSA) is 36.3 Å². The fourth-order valence-electron chi connectivity index (χ4n) is 2.23. The Kier molecular flexibility index (Phi) is 3.21. The molecule has 1 heterocycles. The number of hydrogen-bond donors (Lipinski definition) is 0. The molecule has 1 aliphatic heterocycles. The average Bonchev–Trinajstić information content (AvgIpc) is 2.27. The van der Waals surface area contributed by atoms with Crippen LogP contribution in [0.2, 0.25) is 0 Å². The van der Waals surface area contributed by atoms with Gasteiger partial charge < -0.3 is 9.64 Å². The summed E-state index contributed by atoms with van der Waals surface area (Å²) in [5.41, 5.74) is 2.42. The summed E-state index contributed by atoms with van der Waals surface area (Å²) in [7, 11) is 0. The standard InChI is InChI=1S/C15H20N2O/c1-11-10-17(8-7-16)13-9-12(15(2,3)4)5-6-14(13)18-11/h5-6,9,11H,8,10H2,1-4H3. The number of nitriles is 1. The fraction of sp³-hybridized carbons (Fsp3) is 0.533. The van der Waals surface area contributed by atoms with Crippen LogP contribution in [-0.2, 0) is 5.41 Å². The number of benzene rings is 1. The Labute approximate surface area is 109 Å². The molecule has 0 spiro atoms. The van der Waals surface area contributed by atoms with Gasteiger partial charge in [0.25, 0.3) is 0 Å². The number of fused-ring (bicyclic) bond motifs is 1. The highest BCUT2D eigenvalue weighted by Gasteiger charge is 2.25. The van der Waals surface area contributed by atoms with Crippen LogP contribution in [0.3, 0.4) is 0 Å². The molecule has 0 aliphatic carbocycles. The second kappa shape index (κ2) is 4.53. The molecule has 0 saturated carbocycles. The lowest BCUT2D eigenvalue weighted by molar-refractivity contribution is 0.214. The van der Waals surface area contributed by atoms with Gasteiger partial charge in [-0.3, -0.25) is 0 Å². The lowest BCUT2D eigenvalue weighted by Crippen LogP contribution is -2.38. The third-order valence-corrected chi connectivity index (χ3v) is 3.23. The van der Waals surface area contributed by atoms with E-state index in [1.165, 1.54) is 5.56 Å². The highest BCUT2D eigenvalue weighted by Crippen LogP contribution is 2.37. The fourth-order valence-corrected chi connectivity index (χ4v) is 2.23. The Hall–Kier alpha value is -1.69. The van der Waals surface area contributed by atoms with Crippen LogP contribution >= 0.6 is 0 Å². The van der Waals surface area contributed by atoms with Gasteiger partial charge in [-0.2, -0.15) is 5.26 Å². The molecular weight excluding hydrogens is 224 g/mol. The Morgan fingerprint density at radius 1 is 1.44 bits per heavy atom. The highest BCUT2D eigenvalue weighted by molar-refractivity contribution is 5.62. The predicted octanol–water partition coefficient (Wildman–Crippen LogP) is 3.09. The summed E-state index contributed by atoms with van der Waals surface area (Å²) in [6.07, 6.45) is 0.131. The molecule has 0 aromatic heterocycles. The minimum absolute atomic E-state index is 0.108. The summed E-state index contributed by atoms with van der Waals surface area (Å²) in [4.78, 5) is 2.10. The van der Waals surface area contributed by atoms with Crippen molar-refractivity contribution in [2.24, 2.45) is 0 Å². The first-order valence-electron chi connectivity index (χ1n) is 6.35. The van der Waals surface area contributed by atoms with Crippen molar-refractivity contribution in [2.45, 2.75) is 39.2 Å². The zero-order chi connectivity index (χ0) is 13.3. The van der Waals surface area contributed by atoms with Crippen LogP contribution in [0.5, 0.6) is 5.75 Å². The molecule has 1 atom stereocenters. The zero-order valence-electron chi connectivity index (χ0n) is 11.5. The van der Waals surface area contributed by atoms with Crippen LogP contribution in [0, 0.1) is 11.3 Å². The SMILES string of the molecule is CC1CN(CC#N)c2cc(C(C)(C)C)ccc2O1. The van der Waals surface area contributed by atoms with Gasteiger partial charge in [-0.1, -0.05) is 26.8 Å². The van der Waals surface area contributed by atoms with E-state index in [2.05, 4.69) is 43.9 Å². The summed E-state index contributed by atoms with van der Waals surface area (Å²) in [6.45, 7) is 9.79. The predicted molar refractivity (Wildman–Crippen MR) is 73.1 cm³/mol. The molecular formula is C15H20N2O. The van der Waals surface area contributed by atoms with Gasteiger partial charge in [0.15, 0.2) is 0 Å². The molecule has 0 saturated heterocycles. The quantitative estimate of drug-likeness (QED) is 0.712. The number of anilines is 1. The third kappa shape index (κ3) is 2.43. The monoisotopic (exact) mass is 244 g/mol. The van der Waals surface area contributed by atoms with Crippen molar-refractivity contribution >= 4 is 5.69 Å². The second-order valence-corrected chi connectivity index (χ2v) is 5.90. The van der Waals surface area contributed by atoms with Crippen molar-refractivity contribution in [3.05, 3.63) is 23.8 Å². The molecule has 0 fully saturated rings. The smallest absolute Gasteiger partial charge is 0.143 e. The Morgan fingerprint density at radius 3 is 2.78 bits per heavy atom. The molecule has 18 heavy (non-hydrogen) atoms. The third-order valence-electron chi connectivity index (χ3n) is 3.23. The van der Waals surface area contributed by atoms with Crippen molar-refractivity contribution in [1.29, 1.82) is 5.26 Å². The van der Waals surface area contributed by atoms with E-state index in [1.807, 2.05) is 13.0 Å². The van der Waals surface area contributed by atoms with E-state index in [9.17, 15) is 0 Å². The minimum Gasteiger partial charge on any atom is -0.487 e. The van der Waals surface area contributed by atoms with E-state index < -0.39 is 0 Å². The molecule has 2 rings (SSSR count). The lowest BCUT2D eigenvalue weighted by atomic mass is 9.86. The molecule has 3 heteroatoms. The first kappa shape index (κ1) is 12.8. The van der Waals surface area contributed by atoms with E-state index in [0.717, 1.165) is 18.0 Å². The van der Waals surface area contributed by atoms with Crippen LogP contribution in [-0.4, -0.2) is 19.2 Å². The molecule has 1 aromatic carbocycles. The van der Waals surface area contributed by atoms with Gasteiger partial charge in [-0.25, -0.2) is 0 Å². The maximum atomic E-state index is 8.93. The average molecular weight is 244 g/mol. The maximum absolute atomic E-state index is 8.93. The highest BCUT2D eigenvalue weighted by atomic mass is 16.5. The molecule has 1 aliphatic rings. The van der Waals surface area contributed by atoms with Gasteiger partial charge in [0.2, 0.25) is 0 Å². The first-order valence-corrected chi connectivity index (χ1v) is 6.35. The van der Waals surface area contributed by atoms with E-state index in [-0.39, 0.29) is 11.5 Å². The number of ether oxygens (including phenoxy) is 1. The van der Waals surface area contributed by atoms with E-state index >= 15 is 0 Å². The summed E-state index contributed by atoms with van der Waals surface area (Å²) < 4.78 is 5.82. The summed E-state index contributed by atoms with van der Waals surface area (Å²) in [6, 6.07) is 8.52. The van der Waals surface area contributed by atoms with Gasteiger partial charge in [0, 0.05) is 0 Å². The van der Waals surface area contributed by atoms with Crippen LogP contribution in [0.1, 0.15) is 33.3 Å². The van der Waals surface area contributed by atoms with Gasteiger partial charge in [-0.15, -0.1) is 0 Å². The zero-order valence-corrected chi connectivity index (χ0v) is 11.5. The molecule has 3 nitrogen and oxygen atoms in total. The largest absolute Gasteiger partial charge is 0.487 e. The van der Waals surface area contributed by atoms with E-state index in [0.29, 0.717) is 6.54 Å². The summed E-state index contributed by atoms with van der Waals surface area (Å²) >= 11 is 0. The Morgan fingerprint density at radius 2 is 2.17 bits per heavy atom. The first-order chi connectivity index (χ1) is 8.41. The Balaban J connectivity index is 2.43. The number of hydrogen-bond acceptors (Lipinski definition) is 3.